The Balaban J connectivity index is 1.76. The van der Waals surface area contributed by atoms with Crippen molar-refractivity contribution in [3.8, 4) is 11.8 Å². The Morgan fingerprint density at radius 3 is 2.40 bits per heavy atom. The van der Waals surface area contributed by atoms with Crippen LogP contribution in [0.5, 0.6) is 5.75 Å². The highest BCUT2D eigenvalue weighted by Crippen LogP contribution is 2.27. The molecule has 1 N–H and O–H groups in total. The molecular formula is C25H23N3O2. The minimum atomic E-state index is -0.438. The van der Waals surface area contributed by atoms with Gasteiger partial charge in [0, 0.05) is 11.9 Å². The SMILES string of the molecule is Cc1ccc(NC(=O)/C(C#N)=C/c2cc(C)c(OCc3ccccn3)c(C)c2)cc1. The maximum Gasteiger partial charge on any atom is 0.266 e. The number of nitriles is 1. The predicted octanol–water partition coefficient (Wildman–Crippen LogP) is 5.13. The third-order valence-electron chi connectivity index (χ3n) is 4.56. The van der Waals surface area contributed by atoms with E-state index in [1.165, 1.54) is 0 Å². The Morgan fingerprint density at radius 1 is 1.10 bits per heavy atom. The molecule has 0 radical (unpaired) electrons. The first-order valence-corrected chi connectivity index (χ1v) is 9.60. The van der Waals surface area contributed by atoms with Crippen molar-refractivity contribution >= 4 is 17.7 Å². The third-order valence-corrected chi connectivity index (χ3v) is 4.56. The molecule has 0 fully saturated rings. The quantitative estimate of drug-likeness (QED) is 0.462. The monoisotopic (exact) mass is 397 g/mol. The number of carbonyl (C=O) groups excluding carboxylic acids is 1. The van der Waals surface area contributed by atoms with Crippen molar-refractivity contribution < 1.29 is 9.53 Å². The Kier molecular flexibility index (Phi) is 6.61. The Bertz CT molecular complexity index is 1090. The number of nitrogens with one attached hydrogen (secondary N) is 1. The van der Waals surface area contributed by atoms with Crippen LogP contribution in [0.4, 0.5) is 5.69 Å². The van der Waals surface area contributed by atoms with Crippen molar-refractivity contribution in [1.82, 2.24) is 4.98 Å². The normalized spacial score (nSPS) is 10.9. The van der Waals surface area contributed by atoms with E-state index in [1.54, 1.807) is 12.3 Å². The average molecular weight is 397 g/mol. The van der Waals surface area contributed by atoms with E-state index in [0.717, 1.165) is 33.7 Å². The molecule has 0 saturated heterocycles. The molecule has 0 bridgehead atoms. The summed E-state index contributed by atoms with van der Waals surface area (Å²) in [7, 11) is 0. The van der Waals surface area contributed by atoms with E-state index in [1.807, 2.05) is 81.4 Å². The molecule has 1 aromatic heterocycles. The van der Waals surface area contributed by atoms with E-state index in [2.05, 4.69) is 10.3 Å². The van der Waals surface area contributed by atoms with E-state index in [9.17, 15) is 10.1 Å². The highest BCUT2D eigenvalue weighted by atomic mass is 16.5. The molecule has 0 spiro atoms. The molecule has 0 unspecified atom stereocenters. The highest BCUT2D eigenvalue weighted by Gasteiger charge is 2.12. The fourth-order valence-electron chi connectivity index (χ4n) is 3.07. The molecule has 30 heavy (non-hydrogen) atoms. The molecule has 3 aromatic rings. The van der Waals surface area contributed by atoms with E-state index >= 15 is 0 Å². The molecule has 0 aliphatic heterocycles. The molecule has 2 aromatic carbocycles. The molecule has 1 heterocycles. The van der Waals surface area contributed by atoms with Crippen LogP contribution in [0.15, 0.2) is 66.4 Å². The fraction of sp³-hybridized carbons (Fsp3) is 0.160. The van der Waals surface area contributed by atoms with Crippen molar-refractivity contribution in [2.24, 2.45) is 0 Å². The Morgan fingerprint density at radius 2 is 1.80 bits per heavy atom. The van der Waals surface area contributed by atoms with Crippen molar-refractivity contribution in [2.75, 3.05) is 5.32 Å². The highest BCUT2D eigenvalue weighted by molar-refractivity contribution is 6.09. The molecule has 0 aliphatic rings. The summed E-state index contributed by atoms with van der Waals surface area (Å²) in [6.07, 6.45) is 3.32. The smallest absolute Gasteiger partial charge is 0.266 e. The van der Waals surface area contributed by atoms with Crippen molar-refractivity contribution in [1.29, 1.82) is 5.26 Å². The lowest BCUT2D eigenvalue weighted by molar-refractivity contribution is -0.112. The van der Waals surface area contributed by atoms with Crippen LogP contribution in [-0.4, -0.2) is 10.9 Å². The summed E-state index contributed by atoms with van der Waals surface area (Å²) in [4.78, 5) is 16.8. The number of pyridine rings is 1. The van der Waals surface area contributed by atoms with Crippen LogP contribution in [0.3, 0.4) is 0 Å². The number of hydrogen-bond acceptors (Lipinski definition) is 4. The zero-order valence-electron chi connectivity index (χ0n) is 17.3. The summed E-state index contributed by atoms with van der Waals surface area (Å²) < 4.78 is 5.95. The maximum absolute atomic E-state index is 12.5. The van der Waals surface area contributed by atoms with Gasteiger partial charge in [-0.3, -0.25) is 9.78 Å². The van der Waals surface area contributed by atoms with Crippen LogP contribution >= 0.6 is 0 Å². The van der Waals surface area contributed by atoms with Crippen molar-refractivity contribution in [3.63, 3.8) is 0 Å². The lowest BCUT2D eigenvalue weighted by Crippen LogP contribution is -2.13. The number of hydrogen-bond donors (Lipinski definition) is 1. The summed E-state index contributed by atoms with van der Waals surface area (Å²) in [5.74, 6) is 0.340. The zero-order valence-corrected chi connectivity index (χ0v) is 17.3. The van der Waals surface area contributed by atoms with Gasteiger partial charge in [-0.2, -0.15) is 5.26 Å². The van der Waals surface area contributed by atoms with Gasteiger partial charge < -0.3 is 10.1 Å². The third kappa shape index (κ3) is 5.33. The van der Waals surface area contributed by atoms with Crippen LogP contribution in [0, 0.1) is 32.1 Å². The summed E-state index contributed by atoms with van der Waals surface area (Å²) in [6, 6.07) is 18.9. The molecule has 3 rings (SSSR count). The maximum atomic E-state index is 12.5. The van der Waals surface area contributed by atoms with Crippen LogP contribution in [-0.2, 0) is 11.4 Å². The number of benzene rings is 2. The lowest BCUT2D eigenvalue weighted by Gasteiger charge is -2.13. The first kappa shape index (κ1) is 20.8. The standard InChI is InChI=1S/C25H23N3O2/c1-17-7-9-22(10-8-17)28-25(29)21(15-26)14-20-12-18(2)24(19(3)13-20)30-16-23-6-4-5-11-27-23/h4-14H,16H2,1-3H3,(H,28,29)/b21-14+. The lowest BCUT2D eigenvalue weighted by atomic mass is 10.0. The molecule has 1 amide bonds. The van der Waals surface area contributed by atoms with Crippen LogP contribution in [0.1, 0.15) is 27.9 Å². The van der Waals surface area contributed by atoms with E-state index in [0.29, 0.717) is 12.3 Å². The van der Waals surface area contributed by atoms with Gasteiger partial charge in [0.2, 0.25) is 0 Å². The zero-order chi connectivity index (χ0) is 21.5. The number of nitrogens with zero attached hydrogens (tertiary/aromatic N) is 2. The second kappa shape index (κ2) is 9.53. The number of carbonyl (C=O) groups is 1. The van der Waals surface area contributed by atoms with Gasteiger partial charge in [0.1, 0.15) is 24.0 Å². The predicted molar refractivity (Wildman–Crippen MR) is 118 cm³/mol. The first-order chi connectivity index (χ1) is 14.5. The molecular weight excluding hydrogens is 374 g/mol. The number of aromatic nitrogens is 1. The number of anilines is 1. The number of ether oxygens (including phenoxy) is 1. The van der Waals surface area contributed by atoms with Gasteiger partial charge >= 0.3 is 0 Å². The second-order valence-corrected chi connectivity index (χ2v) is 7.08. The number of rotatable bonds is 6. The van der Waals surface area contributed by atoms with Gasteiger partial charge in [-0.25, -0.2) is 0 Å². The van der Waals surface area contributed by atoms with Gasteiger partial charge in [-0.15, -0.1) is 0 Å². The van der Waals surface area contributed by atoms with Crippen LogP contribution in [0.2, 0.25) is 0 Å². The molecule has 0 aliphatic carbocycles. The van der Waals surface area contributed by atoms with Gasteiger partial charge in [0.25, 0.3) is 5.91 Å². The molecule has 0 atom stereocenters. The Labute approximate surface area is 176 Å². The van der Waals surface area contributed by atoms with E-state index < -0.39 is 5.91 Å². The van der Waals surface area contributed by atoms with Gasteiger partial charge in [0.05, 0.1) is 5.69 Å². The van der Waals surface area contributed by atoms with Crippen molar-refractivity contribution in [3.05, 3.63) is 94.3 Å². The Hall–Kier alpha value is -3.91. The van der Waals surface area contributed by atoms with Crippen LogP contribution in [0.25, 0.3) is 6.08 Å². The summed E-state index contributed by atoms with van der Waals surface area (Å²) >= 11 is 0. The summed E-state index contributed by atoms with van der Waals surface area (Å²) in [5, 5.41) is 12.2. The number of aryl methyl sites for hydroxylation is 3. The molecule has 150 valence electrons. The molecule has 5 nitrogen and oxygen atoms in total. The van der Waals surface area contributed by atoms with Crippen LogP contribution < -0.4 is 10.1 Å². The first-order valence-electron chi connectivity index (χ1n) is 9.60. The summed E-state index contributed by atoms with van der Waals surface area (Å²) in [6.45, 7) is 6.23. The van der Waals surface area contributed by atoms with E-state index in [-0.39, 0.29) is 5.57 Å². The van der Waals surface area contributed by atoms with Gasteiger partial charge in [-0.1, -0.05) is 23.8 Å². The van der Waals surface area contributed by atoms with Crippen molar-refractivity contribution in [2.45, 2.75) is 27.4 Å². The van der Waals surface area contributed by atoms with Gasteiger partial charge in [-0.05, 0) is 79.9 Å². The molecule has 5 heteroatoms. The minimum Gasteiger partial charge on any atom is -0.487 e. The van der Waals surface area contributed by atoms with Gasteiger partial charge in [0.15, 0.2) is 0 Å². The summed E-state index contributed by atoms with van der Waals surface area (Å²) in [5.41, 5.74) is 5.25. The minimum absolute atomic E-state index is 0.0385. The molecule has 0 saturated carbocycles. The fourth-order valence-corrected chi connectivity index (χ4v) is 3.07. The van der Waals surface area contributed by atoms with E-state index in [4.69, 9.17) is 4.74 Å². The second-order valence-electron chi connectivity index (χ2n) is 7.08. The number of amides is 1. The topological polar surface area (TPSA) is 75.0 Å². The largest absolute Gasteiger partial charge is 0.487 e. The average Bonchev–Trinajstić information content (AvgIpc) is 2.73.